The lowest BCUT2D eigenvalue weighted by Crippen LogP contribution is -2.07. The number of hydrogen-bond acceptors (Lipinski definition) is 3. The molecular weight excluding hydrogens is 1220 g/mol. The van der Waals surface area contributed by atoms with E-state index >= 15 is 0 Å². The molecule has 0 amide bonds. The summed E-state index contributed by atoms with van der Waals surface area (Å²) in [5.41, 5.74) is 23.1. The number of para-hydroxylation sites is 8. The van der Waals surface area contributed by atoms with Gasteiger partial charge in [-0.15, -0.1) is 0 Å². The van der Waals surface area contributed by atoms with Crippen LogP contribution >= 0.6 is 0 Å². The summed E-state index contributed by atoms with van der Waals surface area (Å²) in [6, 6.07) is 119. The predicted molar refractivity (Wildman–Crippen MR) is 414 cm³/mol. The van der Waals surface area contributed by atoms with E-state index in [2.05, 4.69) is 361 Å². The molecule has 0 unspecified atom stereocenters. The highest BCUT2D eigenvalue weighted by atomic mass is 15.1. The largest absolute Gasteiger partial charge is 0.309 e. The molecule has 9 heteroatoms. The number of benzene rings is 14. The van der Waals surface area contributed by atoms with Gasteiger partial charge in [-0.1, -0.05) is 206 Å². The molecule has 0 saturated heterocycles. The third kappa shape index (κ3) is 7.73. The fourth-order valence-electron chi connectivity index (χ4n) is 16.8. The Labute approximate surface area is 571 Å². The van der Waals surface area contributed by atoms with Crippen molar-refractivity contribution in [2.75, 3.05) is 0 Å². The maximum Gasteiger partial charge on any atom is 0.166 e. The number of nitrogens with zero attached hydrogens (tertiary/aromatic N) is 9. The van der Waals surface area contributed by atoms with E-state index in [4.69, 9.17) is 15.0 Å². The molecule has 8 aromatic heterocycles. The Kier molecular flexibility index (Phi) is 11.4. The van der Waals surface area contributed by atoms with Crippen molar-refractivity contribution in [3.8, 4) is 56.8 Å². The van der Waals surface area contributed by atoms with Crippen molar-refractivity contribution in [3.05, 3.63) is 334 Å². The Bertz CT molecular complexity index is 6230. The van der Waals surface area contributed by atoms with Gasteiger partial charge < -0.3 is 22.8 Å². The van der Waals surface area contributed by atoms with Gasteiger partial charge in [0.1, 0.15) is 11.0 Å². The van der Waals surface area contributed by atoms with E-state index in [-0.39, 0.29) is 0 Å². The molecule has 22 aromatic rings. The Balaban J connectivity index is 0.852. The minimum atomic E-state index is 0.659. The van der Waals surface area contributed by atoms with Crippen molar-refractivity contribution < 1.29 is 0 Å². The van der Waals surface area contributed by atoms with Gasteiger partial charge in [-0.3, -0.25) is 4.57 Å². The molecule has 0 aliphatic heterocycles. The third-order valence-electron chi connectivity index (χ3n) is 21.0. The van der Waals surface area contributed by atoms with Crippen LogP contribution in [0.15, 0.2) is 334 Å². The van der Waals surface area contributed by atoms with Crippen LogP contribution in [-0.4, -0.2) is 42.4 Å². The van der Waals surface area contributed by atoms with E-state index in [0.717, 1.165) is 139 Å². The number of aromatic nitrogens is 9. The van der Waals surface area contributed by atoms with Gasteiger partial charge in [-0.25, -0.2) is 15.0 Å². The van der Waals surface area contributed by atoms with E-state index in [9.17, 15) is 0 Å². The molecule has 14 aromatic carbocycles. The lowest BCUT2D eigenvalue weighted by atomic mass is 10.0. The number of pyridine rings is 1. The van der Waals surface area contributed by atoms with Gasteiger partial charge in [0.25, 0.3) is 0 Å². The van der Waals surface area contributed by atoms with E-state index in [1.54, 1.807) is 0 Å². The van der Waals surface area contributed by atoms with Crippen molar-refractivity contribution in [2.24, 2.45) is 0 Å². The standard InChI is InChI=1S/C91H55N9/c1-3-23-56(24-4-1)87-88(57-25-5-2-6-26-57)94-90-89(93-87)86(99-82-47-43-58(95-74-35-15-7-27-62(74)63-28-8-16-36-75(63)95)51-70(82)71-52-59(44-48-83(71)99)96-76-37-17-9-29-64(76)65-30-10-18-38-77(65)96)55-92-91(90)100-84-49-45-60(97-78-39-19-11-31-66(78)67-32-12-20-40-79(67)97)53-72(84)73-54-61(46-50-85(73)100)98-80-41-21-13-33-68(80)69-34-14-22-42-81(69)98/h1-55H. The molecule has 0 atom stereocenters. The van der Waals surface area contributed by atoms with Gasteiger partial charge in [0.05, 0.1) is 89.5 Å². The summed E-state index contributed by atoms with van der Waals surface area (Å²) < 4.78 is 14.4. The summed E-state index contributed by atoms with van der Waals surface area (Å²) in [5.74, 6) is 0.667. The first-order valence-electron chi connectivity index (χ1n) is 34.1. The molecule has 22 rings (SSSR count). The summed E-state index contributed by atoms with van der Waals surface area (Å²) in [5, 5.41) is 14.0. The topological polar surface area (TPSA) is 68.2 Å². The second kappa shape index (κ2) is 20.9. The number of fused-ring (bicyclic) bond motifs is 19. The van der Waals surface area contributed by atoms with Crippen LogP contribution in [0.25, 0.3) is 199 Å². The van der Waals surface area contributed by atoms with Gasteiger partial charge in [0, 0.05) is 98.5 Å². The lowest BCUT2D eigenvalue weighted by Gasteiger charge is -2.18. The van der Waals surface area contributed by atoms with Crippen molar-refractivity contribution in [1.82, 2.24) is 42.4 Å². The molecule has 100 heavy (non-hydrogen) atoms. The second-order valence-electron chi connectivity index (χ2n) is 26.3. The molecule has 464 valence electrons. The average Bonchev–Trinajstić information content (AvgIpc) is 1.66. The first-order chi connectivity index (χ1) is 49.6. The Morgan fingerprint density at radius 2 is 0.430 bits per heavy atom. The van der Waals surface area contributed by atoms with E-state index in [0.29, 0.717) is 16.9 Å². The zero-order chi connectivity index (χ0) is 65.3. The SMILES string of the molecule is c1ccc(-c2nc3c(-n4c5ccc(-n6c7ccccc7c7ccccc76)cc5c5cc(-n6c7ccccc7c7ccccc76)ccc54)cnc(-n4c5ccc(-n6c7ccccc7c7ccccc76)cc5c5cc(-n6c7ccccc7c7ccccc76)ccc54)c3nc2-c2ccccc2)cc1. The molecule has 0 aliphatic carbocycles. The number of hydrogen-bond donors (Lipinski definition) is 0. The molecule has 0 N–H and O–H groups in total. The molecule has 0 saturated carbocycles. The van der Waals surface area contributed by atoms with Crippen LogP contribution in [0, 0.1) is 0 Å². The van der Waals surface area contributed by atoms with Crippen molar-refractivity contribution >= 4 is 142 Å². The van der Waals surface area contributed by atoms with Gasteiger partial charge in [-0.2, -0.15) is 0 Å². The number of rotatable bonds is 8. The smallest absolute Gasteiger partial charge is 0.166 e. The van der Waals surface area contributed by atoms with Gasteiger partial charge >= 0.3 is 0 Å². The Morgan fingerprint density at radius 3 is 0.720 bits per heavy atom. The first kappa shape index (κ1) is 54.6. The van der Waals surface area contributed by atoms with Crippen LogP contribution in [0.1, 0.15) is 0 Å². The van der Waals surface area contributed by atoms with Crippen LogP contribution in [0.3, 0.4) is 0 Å². The Hall–Kier alpha value is -13.6. The molecule has 0 bridgehead atoms. The molecule has 8 heterocycles. The minimum absolute atomic E-state index is 0.659. The first-order valence-corrected chi connectivity index (χ1v) is 34.1. The summed E-state index contributed by atoms with van der Waals surface area (Å²) in [4.78, 5) is 17.9. The van der Waals surface area contributed by atoms with Crippen LogP contribution in [0.2, 0.25) is 0 Å². The molecule has 0 radical (unpaired) electrons. The highest BCUT2D eigenvalue weighted by Gasteiger charge is 2.27. The predicted octanol–water partition coefficient (Wildman–Crippen LogP) is 22.9. The molecule has 0 aliphatic rings. The van der Waals surface area contributed by atoms with Crippen LogP contribution < -0.4 is 0 Å². The van der Waals surface area contributed by atoms with Crippen LogP contribution in [0.4, 0.5) is 0 Å². The van der Waals surface area contributed by atoms with Crippen molar-refractivity contribution in [1.29, 1.82) is 0 Å². The van der Waals surface area contributed by atoms with E-state index < -0.39 is 0 Å². The van der Waals surface area contributed by atoms with Crippen molar-refractivity contribution in [2.45, 2.75) is 0 Å². The average molecular weight is 1270 g/mol. The van der Waals surface area contributed by atoms with Gasteiger partial charge in [-0.05, 0) is 121 Å². The maximum atomic E-state index is 6.04. The highest BCUT2D eigenvalue weighted by Crippen LogP contribution is 2.45. The normalized spacial score (nSPS) is 12.2. The van der Waals surface area contributed by atoms with Gasteiger partial charge in [0.2, 0.25) is 0 Å². The van der Waals surface area contributed by atoms with Gasteiger partial charge in [0.15, 0.2) is 5.82 Å². The molecule has 0 spiro atoms. The summed E-state index contributed by atoms with van der Waals surface area (Å²) >= 11 is 0. The quantitative estimate of drug-likeness (QED) is 0.152. The van der Waals surface area contributed by atoms with E-state index in [1.807, 2.05) is 0 Å². The summed E-state index contributed by atoms with van der Waals surface area (Å²) in [7, 11) is 0. The Morgan fingerprint density at radius 1 is 0.190 bits per heavy atom. The zero-order valence-corrected chi connectivity index (χ0v) is 53.8. The third-order valence-corrected chi connectivity index (χ3v) is 21.0. The summed E-state index contributed by atoms with van der Waals surface area (Å²) in [6.07, 6.45) is 2.06. The van der Waals surface area contributed by atoms with Crippen LogP contribution in [-0.2, 0) is 0 Å². The fraction of sp³-hybridized carbons (Fsp3) is 0. The van der Waals surface area contributed by atoms with Crippen molar-refractivity contribution in [3.63, 3.8) is 0 Å². The van der Waals surface area contributed by atoms with Crippen LogP contribution in [0.5, 0.6) is 0 Å². The highest BCUT2D eigenvalue weighted by molar-refractivity contribution is 6.18. The van der Waals surface area contributed by atoms with E-state index in [1.165, 1.54) is 43.1 Å². The molecule has 0 fully saturated rings. The monoisotopic (exact) mass is 1270 g/mol. The second-order valence-corrected chi connectivity index (χ2v) is 26.3. The maximum absolute atomic E-state index is 6.04. The lowest BCUT2D eigenvalue weighted by molar-refractivity contribution is 1.06. The summed E-state index contributed by atoms with van der Waals surface area (Å²) in [6.45, 7) is 0. The molecular formula is C91H55N9. The zero-order valence-electron chi connectivity index (χ0n) is 53.8. The molecule has 9 nitrogen and oxygen atoms in total. The fourth-order valence-corrected chi connectivity index (χ4v) is 16.8. The minimum Gasteiger partial charge on any atom is -0.309 e.